The Hall–Kier alpha value is -1.88. The fraction of sp³-hybridized carbons (Fsp3) is 0.704. The molecule has 8 atom stereocenters. The van der Waals surface area contributed by atoms with Crippen LogP contribution in [0.4, 0.5) is 0 Å². The lowest BCUT2D eigenvalue weighted by Gasteiger charge is -2.62. The third-order valence-corrected chi connectivity index (χ3v) is 10.4. The van der Waals surface area contributed by atoms with Gasteiger partial charge < -0.3 is 14.3 Å². The molecule has 4 fully saturated rings. The average Bonchev–Trinajstić information content (AvgIpc) is 3.40. The molecule has 4 aliphatic carbocycles. The first-order valence-corrected chi connectivity index (χ1v) is 12.4. The van der Waals surface area contributed by atoms with Gasteiger partial charge in [0.15, 0.2) is 5.78 Å². The van der Waals surface area contributed by atoms with Crippen molar-refractivity contribution >= 4 is 11.8 Å². The predicted molar refractivity (Wildman–Crippen MR) is 118 cm³/mol. The summed E-state index contributed by atoms with van der Waals surface area (Å²) in [6, 6.07) is 4.11. The van der Waals surface area contributed by atoms with Gasteiger partial charge in [-0.25, -0.2) is 0 Å². The lowest BCUT2D eigenvalue weighted by molar-refractivity contribution is -0.188. The van der Waals surface area contributed by atoms with E-state index >= 15 is 0 Å². The molecule has 2 heterocycles. The minimum absolute atomic E-state index is 0.0799. The second-order valence-electron chi connectivity index (χ2n) is 11.7. The Bertz CT molecular complexity index is 1020. The summed E-state index contributed by atoms with van der Waals surface area (Å²) < 4.78 is 12.3. The Morgan fingerprint density at radius 3 is 2.59 bits per heavy atom. The maximum absolute atomic E-state index is 12.4. The molecule has 1 saturated heterocycles. The van der Waals surface area contributed by atoms with Crippen LogP contribution < -0.4 is 0 Å². The highest BCUT2D eigenvalue weighted by molar-refractivity contribution is 5.91. The van der Waals surface area contributed by atoms with Gasteiger partial charge in [0, 0.05) is 24.2 Å². The summed E-state index contributed by atoms with van der Waals surface area (Å²) in [7, 11) is 0. The zero-order chi connectivity index (χ0) is 22.5. The molecule has 32 heavy (non-hydrogen) atoms. The van der Waals surface area contributed by atoms with Crippen LogP contribution in [0.25, 0.3) is 0 Å². The largest absolute Gasteiger partial charge is 0.466 e. The summed E-state index contributed by atoms with van der Waals surface area (Å²) in [6.07, 6.45) is 7.38. The molecule has 1 aromatic heterocycles. The number of ketones is 1. The summed E-state index contributed by atoms with van der Waals surface area (Å²) >= 11 is 0. The van der Waals surface area contributed by atoms with Gasteiger partial charge in [0.25, 0.3) is 0 Å². The Morgan fingerprint density at radius 2 is 1.91 bits per heavy atom. The zero-order valence-corrected chi connectivity index (χ0v) is 19.4. The number of ether oxygens (including phenoxy) is 1. The summed E-state index contributed by atoms with van der Waals surface area (Å²) in [4.78, 5) is 24.6. The van der Waals surface area contributed by atoms with Crippen molar-refractivity contribution in [3.05, 3.63) is 35.3 Å². The highest BCUT2D eigenvalue weighted by Gasteiger charge is 2.70. The Labute approximate surface area is 189 Å². The average molecular weight is 439 g/mol. The van der Waals surface area contributed by atoms with E-state index in [1.807, 2.05) is 19.1 Å². The molecule has 6 rings (SSSR count). The van der Waals surface area contributed by atoms with Crippen LogP contribution in [-0.4, -0.2) is 28.6 Å². The molecule has 172 valence electrons. The number of rotatable bonds is 1. The maximum Gasteiger partial charge on any atom is 0.306 e. The van der Waals surface area contributed by atoms with E-state index in [1.54, 1.807) is 0 Å². The SMILES string of the molecule is Cc1ccc([C@@H]2CC3=CC(=O)CC[C@]3(C)C3[C@@H]2[C@@H]2CC[C@@]4(CCC(=O)O4)[C@@]2(C)C[C@H]3O)o1. The van der Waals surface area contributed by atoms with Gasteiger partial charge in [0.05, 0.1) is 6.10 Å². The van der Waals surface area contributed by atoms with Crippen LogP contribution in [0, 0.1) is 35.5 Å². The van der Waals surface area contributed by atoms with E-state index in [1.165, 1.54) is 5.57 Å². The Balaban J connectivity index is 1.50. The first-order valence-electron chi connectivity index (χ1n) is 12.4. The van der Waals surface area contributed by atoms with Crippen molar-refractivity contribution in [1.82, 2.24) is 0 Å². The predicted octanol–water partition coefficient (Wildman–Crippen LogP) is 4.86. The highest BCUT2D eigenvalue weighted by Crippen LogP contribution is 2.71. The number of furan rings is 1. The van der Waals surface area contributed by atoms with Crippen LogP contribution in [0.15, 0.2) is 28.2 Å². The van der Waals surface area contributed by atoms with Crippen molar-refractivity contribution < 1.29 is 23.8 Å². The summed E-state index contributed by atoms with van der Waals surface area (Å²) in [5.41, 5.74) is 0.349. The highest BCUT2D eigenvalue weighted by atomic mass is 16.6. The molecule has 0 aromatic carbocycles. The third kappa shape index (κ3) is 2.55. The van der Waals surface area contributed by atoms with E-state index < -0.39 is 11.7 Å². The number of aryl methyl sites for hydroxylation is 1. The minimum Gasteiger partial charge on any atom is -0.466 e. The van der Waals surface area contributed by atoms with Gasteiger partial charge in [-0.2, -0.15) is 0 Å². The fourth-order valence-electron chi connectivity index (χ4n) is 8.90. The van der Waals surface area contributed by atoms with E-state index in [4.69, 9.17) is 9.15 Å². The van der Waals surface area contributed by atoms with Gasteiger partial charge in [0.2, 0.25) is 0 Å². The number of fused-ring (bicyclic) bond motifs is 6. The number of aliphatic hydroxyl groups is 1. The molecule has 1 aromatic rings. The van der Waals surface area contributed by atoms with Crippen molar-refractivity contribution in [3.8, 4) is 0 Å². The van der Waals surface area contributed by atoms with E-state index in [0.717, 1.165) is 43.6 Å². The van der Waals surface area contributed by atoms with E-state index in [0.29, 0.717) is 25.2 Å². The number of aliphatic hydroxyl groups excluding tert-OH is 1. The molecule has 1 aliphatic heterocycles. The van der Waals surface area contributed by atoms with Gasteiger partial charge >= 0.3 is 5.97 Å². The Kier molecular flexibility index (Phi) is 4.26. The maximum atomic E-state index is 12.4. The van der Waals surface area contributed by atoms with Crippen LogP contribution in [-0.2, 0) is 14.3 Å². The van der Waals surface area contributed by atoms with E-state index in [-0.39, 0.29) is 40.3 Å². The standard InChI is InChI=1S/C27H34O5/c1-15-4-5-21(31-15)18-13-16-12-17(28)6-9-25(16,2)24-20(29)14-26(3)19(23(18)24)7-10-27(26)11-8-22(30)32-27/h4-5,12,18-20,23-24,29H,6-11,13-14H2,1-3H3/t18-,19-,20+,23-,24?,25-,26-,27+/m0/s1. The smallest absolute Gasteiger partial charge is 0.306 e. The van der Waals surface area contributed by atoms with Gasteiger partial charge in [-0.1, -0.05) is 19.4 Å². The van der Waals surface area contributed by atoms with Crippen LogP contribution in [0.1, 0.15) is 82.7 Å². The van der Waals surface area contributed by atoms with Crippen molar-refractivity contribution in [2.75, 3.05) is 0 Å². The van der Waals surface area contributed by atoms with Gasteiger partial charge in [-0.05, 0) is 86.8 Å². The summed E-state index contributed by atoms with van der Waals surface area (Å²) in [6.45, 7) is 6.52. The summed E-state index contributed by atoms with van der Waals surface area (Å²) in [5.74, 6) is 2.79. The molecular formula is C27H34O5. The number of carbonyl (C=O) groups excluding carboxylic acids is 2. The molecule has 5 aliphatic rings. The number of hydrogen-bond acceptors (Lipinski definition) is 5. The van der Waals surface area contributed by atoms with Crippen LogP contribution in [0.5, 0.6) is 0 Å². The Morgan fingerprint density at radius 1 is 1.09 bits per heavy atom. The minimum atomic E-state index is -0.490. The molecule has 5 heteroatoms. The zero-order valence-electron chi connectivity index (χ0n) is 19.4. The molecule has 1 spiro atoms. The normalized spacial score (nSPS) is 47.6. The molecular weight excluding hydrogens is 404 g/mol. The first-order chi connectivity index (χ1) is 15.2. The lowest BCUT2D eigenvalue weighted by atomic mass is 9.43. The van der Waals surface area contributed by atoms with Crippen molar-refractivity contribution in [1.29, 1.82) is 0 Å². The molecule has 1 N–H and O–H groups in total. The second kappa shape index (κ2) is 6.59. The molecule has 0 amide bonds. The third-order valence-electron chi connectivity index (χ3n) is 10.4. The quantitative estimate of drug-likeness (QED) is 0.634. The van der Waals surface area contributed by atoms with Crippen LogP contribution >= 0.6 is 0 Å². The van der Waals surface area contributed by atoms with Crippen LogP contribution in [0.2, 0.25) is 0 Å². The first kappa shape index (κ1) is 20.7. The molecule has 5 nitrogen and oxygen atoms in total. The molecule has 3 saturated carbocycles. The second-order valence-corrected chi connectivity index (χ2v) is 11.7. The molecule has 0 bridgehead atoms. The topological polar surface area (TPSA) is 76.7 Å². The van der Waals surface area contributed by atoms with E-state index in [2.05, 4.69) is 19.9 Å². The van der Waals surface area contributed by atoms with Crippen molar-refractivity contribution in [2.45, 2.75) is 89.8 Å². The van der Waals surface area contributed by atoms with Gasteiger partial charge in [0.1, 0.15) is 17.1 Å². The number of esters is 1. The summed E-state index contributed by atoms with van der Waals surface area (Å²) in [5, 5.41) is 11.8. The molecule has 0 radical (unpaired) electrons. The lowest BCUT2D eigenvalue weighted by Crippen LogP contribution is -2.61. The van der Waals surface area contributed by atoms with Crippen LogP contribution in [0.3, 0.4) is 0 Å². The van der Waals surface area contributed by atoms with E-state index in [9.17, 15) is 14.7 Å². The van der Waals surface area contributed by atoms with Gasteiger partial charge in [-0.15, -0.1) is 0 Å². The number of carbonyl (C=O) groups is 2. The molecule has 1 unspecified atom stereocenters. The monoisotopic (exact) mass is 438 g/mol. The fourth-order valence-corrected chi connectivity index (χ4v) is 8.90. The number of allylic oxidation sites excluding steroid dienone is 1. The van der Waals surface area contributed by atoms with Gasteiger partial charge in [-0.3, -0.25) is 9.59 Å². The number of hydrogen-bond donors (Lipinski definition) is 1. The van der Waals surface area contributed by atoms with Crippen molar-refractivity contribution in [2.24, 2.45) is 28.6 Å². The van der Waals surface area contributed by atoms with Crippen molar-refractivity contribution in [3.63, 3.8) is 0 Å².